The van der Waals surface area contributed by atoms with Crippen molar-refractivity contribution < 1.29 is 9.59 Å². The maximum atomic E-state index is 13.1. The second kappa shape index (κ2) is 11.9. The molecule has 0 spiro atoms. The Kier molecular flexibility index (Phi) is 8.75. The molecule has 174 valence electrons. The van der Waals surface area contributed by atoms with Gasteiger partial charge in [-0.1, -0.05) is 56.3 Å². The van der Waals surface area contributed by atoms with Crippen molar-refractivity contribution in [2.45, 2.75) is 46.1 Å². The van der Waals surface area contributed by atoms with Crippen LogP contribution in [0.3, 0.4) is 0 Å². The third-order valence-electron chi connectivity index (χ3n) is 5.33. The summed E-state index contributed by atoms with van der Waals surface area (Å²) in [6.45, 7) is 5.10. The molecular weight excluding hydrogens is 416 g/mol. The van der Waals surface area contributed by atoms with E-state index in [-0.39, 0.29) is 36.8 Å². The number of aryl methyl sites for hydroxylation is 2. The first-order valence-corrected chi connectivity index (χ1v) is 11.5. The predicted molar refractivity (Wildman–Crippen MR) is 130 cm³/mol. The van der Waals surface area contributed by atoms with E-state index < -0.39 is 0 Å². The number of fused-ring (bicyclic) bond motifs is 1. The molecule has 2 amide bonds. The largest absolute Gasteiger partial charge is 0.356 e. The number of nitrogens with one attached hydrogen (secondary N) is 2. The number of amides is 2. The molecule has 2 aromatic carbocycles. The van der Waals surface area contributed by atoms with Crippen LogP contribution in [-0.4, -0.2) is 34.5 Å². The summed E-state index contributed by atoms with van der Waals surface area (Å²) in [7, 11) is 0. The summed E-state index contributed by atoms with van der Waals surface area (Å²) in [6.07, 6.45) is 2.10. The topological polar surface area (TPSA) is 93.1 Å². The van der Waals surface area contributed by atoms with Crippen molar-refractivity contribution in [1.82, 2.24) is 20.2 Å². The number of para-hydroxylation sites is 2. The van der Waals surface area contributed by atoms with E-state index in [1.807, 2.05) is 50.2 Å². The third-order valence-corrected chi connectivity index (χ3v) is 5.33. The Morgan fingerprint density at radius 1 is 0.939 bits per heavy atom. The van der Waals surface area contributed by atoms with E-state index in [1.54, 1.807) is 6.07 Å². The van der Waals surface area contributed by atoms with Gasteiger partial charge in [-0.15, -0.1) is 0 Å². The Labute approximate surface area is 194 Å². The van der Waals surface area contributed by atoms with Crippen molar-refractivity contribution in [3.63, 3.8) is 0 Å². The van der Waals surface area contributed by atoms with E-state index in [0.717, 1.165) is 12.8 Å². The molecule has 7 heteroatoms. The molecule has 33 heavy (non-hydrogen) atoms. The molecule has 2 N–H and O–H groups in total. The van der Waals surface area contributed by atoms with Crippen LogP contribution in [0.4, 0.5) is 0 Å². The summed E-state index contributed by atoms with van der Waals surface area (Å²) in [5, 5.41) is 5.76. The van der Waals surface area contributed by atoms with Crippen molar-refractivity contribution in [3.05, 3.63) is 76.2 Å². The number of nitrogens with zero attached hydrogens (tertiary/aromatic N) is 2. The summed E-state index contributed by atoms with van der Waals surface area (Å²) in [5.41, 5.74) is 2.43. The molecule has 0 saturated carbocycles. The lowest BCUT2D eigenvalue weighted by atomic mass is 10.1. The second-order valence-electron chi connectivity index (χ2n) is 8.58. The minimum atomic E-state index is -0.329. The van der Waals surface area contributed by atoms with Gasteiger partial charge >= 0.3 is 0 Å². The lowest BCUT2D eigenvalue weighted by Crippen LogP contribution is -2.35. The molecule has 0 radical (unpaired) electrons. The van der Waals surface area contributed by atoms with Gasteiger partial charge in [0.1, 0.15) is 12.2 Å². The number of hydrogen-bond donors (Lipinski definition) is 2. The maximum absolute atomic E-state index is 13.1. The molecular formula is C26H32N4O3. The molecule has 0 aliphatic rings. The van der Waals surface area contributed by atoms with E-state index in [2.05, 4.69) is 27.8 Å². The predicted octanol–water partition coefficient (Wildman–Crippen LogP) is 2.85. The van der Waals surface area contributed by atoms with Gasteiger partial charge in [-0.2, -0.15) is 0 Å². The number of carbonyl (C=O) groups is 2. The van der Waals surface area contributed by atoms with E-state index in [4.69, 9.17) is 0 Å². The molecule has 7 nitrogen and oxygen atoms in total. The van der Waals surface area contributed by atoms with Crippen molar-refractivity contribution in [2.24, 2.45) is 5.92 Å². The Morgan fingerprint density at radius 3 is 2.42 bits per heavy atom. The first kappa shape index (κ1) is 24.2. The summed E-state index contributed by atoms with van der Waals surface area (Å²) in [5.74, 6) is 0.0269. The average molecular weight is 449 g/mol. The van der Waals surface area contributed by atoms with E-state index in [9.17, 15) is 14.4 Å². The quantitative estimate of drug-likeness (QED) is 0.441. The molecule has 0 atom stereocenters. The monoisotopic (exact) mass is 448 g/mol. The third kappa shape index (κ3) is 7.27. The molecule has 0 bridgehead atoms. The Bertz CT molecular complexity index is 1140. The second-order valence-corrected chi connectivity index (χ2v) is 8.58. The van der Waals surface area contributed by atoms with Gasteiger partial charge in [0.05, 0.1) is 11.0 Å². The zero-order valence-corrected chi connectivity index (χ0v) is 19.3. The Hall–Kier alpha value is -3.48. The van der Waals surface area contributed by atoms with Crippen LogP contribution in [0.25, 0.3) is 11.0 Å². The minimum absolute atomic E-state index is 0.0836. The van der Waals surface area contributed by atoms with Crippen LogP contribution >= 0.6 is 0 Å². The van der Waals surface area contributed by atoms with Crippen LogP contribution in [0, 0.1) is 5.92 Å². The number of aromatic nitrogens is 2. The highest BCUT2D eigenvalue weighted by Crippen LogP contribution is 2.11. The summed E-state index contributed by atoms with van der Waals surface area (Å²) < 4.78 is 1.45. The minimum Gasteiger partial charge on any atom is -0.356 e. The SMILES string of the molecule is CC(C)CNC(=O)CCc1nc2ccccc2n(CC(=O)NCCCc2ccccc2)c1=O. The number of rotatable bonds is 11. The lowest BCUT2D eigenvalue weighted by Gasteiger charge is -2.13. The molecule has 0 aliphatic heterocycles. The average Bonchev–Trinajstić information content (AvgIpc) is 2.82. The van der Waals surface area contributed by atoms with Gasteiger partial charge in [0, 0.05) is 25.9 Å². The van der Waals surface area contributed by atoms with Crippen LogP contribution in [0.2, 0.25) is 0 Å². The highest BCUT2D eigenvalue weighted by atomic mass is 16.2. The molecule has 1 aromatic heterocycles. The highest BCUT2D eigenvalue weighted by molar-refractivity contribution is 5.80. The first-order valence-electron chi connectivity index (χ1n) is 11.5. The smallest absolute Gasteiger partial charge is 0.273 e. The summed E-state index contributed by atoms with van der Waals surface area (Å²) in [4.78, 5) is 42.3. The van der Waals surface area contributed by atoms with Crippen LogP contribution in [-0.2, 0) is 29.0 Å². The maximum Gasteiger partial charge on any atom is 0.273 e. The van der Waals surface area contributed by atoms with Crippen molar-refractivity contribution in [2.75, 3.05) is 13.1 Å². The lowest BCUT2D eigenvalue weighted by molar-refractivity contribution is -0.122. The first-order chi connectivity index (χ1) is 15.9. The van der Waals surface area contributed by atoms with Crippen molar-refractivity contribution >= 4 is 22.8 Å². The zero-order chi connectivity index (χ0) is 23.6. The van der Waals surface area contributed by atoms with E-state index in [0.29, 0.717) is 35.7 Å². The molecule has 1 heterocycles. The summed E-state index contributed by atoms with van der Waals surface area (Å²) in [6, 6.07) is 17.4. The number of hydrogen-bond acceptors (Lipinski definition) is 4. The fraction of sp³-hybridized carbons (Fsp3) is 0.385. The van der Waals surface area contributed by atoms with Crippen molar-refractivity contribution in [1.29, 1.82) is 0 Å². The van der Waals surface area contributed by atoms with Gasteiger partial charge in [0.15, 0.2) is 0 Å². The normalized spacial score (nSPS) is 11.0. The molecule has 3 rings (SSSR count). The zero-order valence-electron chi connectivity index (χ0n) is 19.3. The molecule has 3 aromatic rings. The van der Waals surface area contributed by atoms with Gasteiger partial charge < -0.3 is 10.6 Å². The number of carbonyl (C=O) groups excluding carboxylic acids is 2. The Morgan fingerprint density at radius 2 is 1.67 bits per heavy atom. The van der Waals surface area contributed by atoms with Gasteiger partial charge in [-0.05, 0) is 36.5 Å². The van der Waals surface area contributed by atoms with E-state index in [1.165, 1.54) is 10.1 Å². The van der Waals surface area contributed by atoms with Gasteiger partial charge in [0.2, 0.25) is 11.8 Å². The van der Waals surface area contributed by atoms with Crippen LogP contribution < -0.4 is 16.2 Å². The van der Waals surface area contributed by atoms with Gasteiger partial charge in [0.25, 0.3) is 5.56 Å². The standard InChI is InChI=1S/C26H32N4O3/c1-19(2)17-28-24(31)15-14-22-26(33)30(23-13-7-6-12-21(23)29-22)18-25(32)27-16-8-11-20-9-4-3-5-10-20/h3-7,9-10,12-13,19H,8,11,14-18H2,1-2H3,(H,27,32)(H,28,31). The van der Waals surface area contributed by atoms with Gasteiger partial charge in [-0.25, -0.2) is 4.98 Å². The molecule has 0 aliphatic carbocycles. The van der Waals surface area contributed by atoms with Crippen LogP contribution in [0.1, 0.15) is 37.9 Å². The van der Waals surface area contributed by atoms with Gasteiger partial charge in [-0.3, -0.25) is 19.0 Å². The highest BCUT2D eigenvalue weighted by Gasteiger charge is 2.15. The van der Waals surface area contributed by atoms with Crippen LogP contribution in [0.15, 0.2) is 59.4 Å². The fourth-order valence-corrected chi connectivity index (χ4v) is 3.57. The molecule has 0 saturated heterocycles. The molecule has 0 unspecified atom stereocenters. The summed E-state index contributed by atoms with van der Waals surface area (Å²) >= 11 is 0. The van der Waals surface area contributed by atoms with Crippen LogP contribution in [0.5, 0.6) is 0 Å². The number of benzene rings is 2. The van der Waals surface area contributed by atoms with Crippen molar-refractivity contribution in [3.8, 4) is 0 Å². The molecule has 0 fully saturated rings. The fourth-order valence-electron chi connectivity index (χ4n) is 3.57. The Balaban J connectivity index is 1.65. The van der Waals surface area contributed by atoms with E-state index >= 15 is 0 Å².